The molecule has 2 fully saturated rings. The van der Waals surface area contributed by atoms with Crippen molar-refractivity contribution in [3.8, 4) is 0 Å². The van der Waals surface area contributed by atoms with Gasteiger partial charge in [-0.15, -0.1) is 0 Å². The molecule has 0 radical (unpaired) electrons. The number of anilines is 1. The molecule has 7 heteroatoms. The zero-order valence-corrected chi connectivity index (χ0v) is 17.1. The maximum atomic E-state index is 14.0. The van der Waals surface area contributed by atoms with Gasteiger partial charge in [-0.25, -0.2) is 8.78 Å². The largest absolute Gasteiger partial charge is 0.366 e. The highest BCUT2D eigenvalue weighted by Gasteiger charge is 2.22. The highest BCUT2D eigenvalue weighted by molar-refractivity contribution is 5.80. The Balaban J connectivity index is 1.53. The van der Waals surface area contributed by atoms with Crippen LogP contribution in [-0.2, 0) is 0 Å². The zero-order chi connectivity index (χ0) is 19.9. The molecule has 0 saturated carbocycles. The molecule has 2 aliphatic rings. The SMILES string of the molecule is CCNC(=NCCC1CCN(C)CC1)N1CCN(c2cc(F)ccc2F)CC1. The molecule has 1 aromatic rings. The lowest BCUT2D eigenvalue weighted by Gasteiger charge is -2.38. The molecule has 0 spiro atoms. The van der Waals surface area contributed by atoms with Gasteiger partial charge < -0.3 is 20.0 Å². The van der Waals surface area contributed by atoms with Gasteiger partial charge in [-0.3, -0.25) is 4.99 Å². The predicted molar refractivity (Wildman–Crippen MR) is 111 cm³/mol. The molecule has 0 atom stereocenters. The van der Waals surface area contributed by atoms with Gasteiger partial charge in [0.05, 0.1) is 5.69 Å². The summed E-state index contributed by atoms with van der Waals surface area (Å²) >= 11 is 0. The molecule has 3 rings (SSSR count). The van der Waals surface area contributed by atoms with Crippen LogP contribution in [0.15, 0.2) is 23.2 Å². The van der Waals surface area contributed by atoms with E-state index in [-0.39, 0.29) is 5.82 Å². The first kappa shape index (κ1) is 20.8. The van der Waals surface area contributed by atoms with Crippen molar-refractivity contribution < 1.29 is 8.78 Å². The first-order chi connectivity index (χ1) is 13.6. The highest BCUT2D eigenvalue weighted by atomic mass is 19.1. The van der Waals surface area contributed by atoms with Crippen molar-refractivity contribution in [3.63, 3.8) is 0 Å². The fourth-order valence-corrected chi connectivity index (χ4v) is 4.02. The lowest BCUT2D eigenvalue weighted by atomic mass is 9.94. The van der Waals surface area contributed by atoms with Crippen LogP contribution in [0.25, 0.3) is 0 Å². The average molecular weight is 394 g/mol. The Labute approximate surface area is 167 Å². The number of likely N-dealkylation sites (tertiary alicyclic amines) is 1. The van der Waals surface area contributed by atoms with Crippen molar-refractivity contribution in [2.45, 2.75) is 26.2 Å². The minimum atomic E-state index is -0.400. The van der Waals surface area contributed by atoms with Gasteiger partial charge in [-0.2, -0.15) is 0 Å². The number of benzene rings is 1. The smallest absolute Gasteiger partial charge is 0.194 e. The third-order valence-electron chi connectivity index (χ3n) is 5.80. The van der Waals surface area contributed by atoms with Crippen molar-refractivity contribution in [2.75, 3.05) is 64.3 Å². The summed E-state index contributed by atoms with van der Waals surface area (Å²) in [6.45, 7) is 8.91. The van der Waals surface area contributed by atoms with E-state index in [1.807, 2.05) is 4.90 Å². The molecule has 156 valence electrons. The number of halogens is 2. The Morgan fingerprint density at radius 3 is 2.50 bits per heavy atom. The van der Waals surface area contributed by atoms with Crippen molar-refractivity contribution in [1.82, 2.24) is 15.1 Å². The standard InChI is InChI=1S/C21H33F2N5/c1-3-24-21(25-9-6-17-7-10-26(2)11-8-17)28-14-12-27(13-15-28)20-16-18(22)4-5-19(20)23/h4-5,16-17H,3,6-15H2,1-2H3,(H,24,25). The van der Waals surface area contributed by atoms with E-state index in [4.69, 9.17) is 4.99 Å². The summed E-state index contributed by atoms with van der Waals surface area (Å²) in [7, 11) is 2.19. The van der Waals surface area contributed by atoms with E-state index in [0.717, 1.165) is 50.5 Å². The monoisotopic (exact) mass is 393 g/mol. The third-order valence-corrected chi connectivity index (χ3v) is 5.80. The Bertz CT molecular complexity index is 650. The summed E-state index contributed by atoms with van der Waals surface area (Å²) in [5.74, 6) is 0.946. The molecule has 0 aliphatic carbocycles. The minimum absolute atomic E-state index is 0.351. The molecule has 0 unspecified atom stereocenters. The van der Waals surface area contributed by atoms with Crippen LogP contribution in [0.1, 0.15) is 26.2 Å². The van der Waals surface area contributed by atoms with E-state index in [1.165, 1.54) is 38.1 Å². The van der Waals surface area contributed by atoms with Gasteiger partial charge in [-0.1, -0.05) is 0 Å². The molecule has 0 aromatic heterocycles. The topological polar surface area (TPSA) is 34.1 Å². The number of nitrogens with zero attached hydrogens (tertiary/aromatic N) is 4. The lowest BCUT2D eigenvalue weighted by Crippen LogP contribution is -2.52. The second-order valence-corrected chi connectivity index (χ2v) is 7.84. The summed E-state index contributed by atoms with van der Waals surface area (Å²) in [5, 5.41) is 3.39. The van der Waals surface area contributed by atoms with Crippen LogP contribution in [0.5, 0.6) is 0 Å². The van der Waals surface area contributed by atoms with Gasteiger partial charge in [0.2, 0.25) is 0 Å². The first-order valence-corrected chi connectivity index (χ1v) is 10.5. The van der Waals surface area contributed by atoms with Gasteiger partial charge in [0.15, 0.2) is 5.96 Å². The number of aliphatic imine (C=N–C) groups is 1. The summed E-state index contributed by atoms with van der Waals surface area (Å²) in [6, 6.07) is 3.65. The Kier molecular flexibility index (Phi) is 7.48. The average Bonchev–Trinajstić information content (AvgIpc) is 2.71. The molecular formula is C21H33F2N5. The number of rotatable bonds is 5. The fraction of sp³-hybridized carbons (Fsp3) is 0.667. The second kappa shape index (κ2) is 10.0. The fourth-order valence-electron chi connectivity index (χ4n) is 4.02. The van der Waals surface area contributed by atoms with Crippen molar-refractivity contribution >= 4 is 11.6 Å². The summed E-state index contributed by atoms with van der Waals surface area (Å²) in [6.07, 6.45) is 3.66. The van der Waals surface area contributed by atoms with Crippen LogP contribution in [0.4, 0.5) is 14.5 Å². The van der Waals surface area contributed by atoms with Crippen molar-refractivity contribution in [2.24, 2.45) is 10.9 Å². The number of nitrogens with one attached hydrogen (secondary N) is 1. The van der Waals surface area contributed by atoms with E-state index < -0.39 is 5.82 Å². The number of piperidine rings is 1. The maximum Gasteiger partial charge on any atom is 0.194 e. The van der Waals surface area contributed by atoms with Crippen LogP contribution in [-0.4, -0.2) is 75.2 Å². The Hall–Kier alpha value is -1.89. The van der Waals surface area contributed by atoms with Gasteiger partial charge in [0.1, 0.15) is 11.6 Å². The number of hydrogen-bond donors (Lipinski definition) is 1. The van der Waals surface area contributed by atoms with Gasteiger partial charge in [0, 0.05) is 45.3 Å². The number of piperazine rings is 1. The second-order valence-electron chi connectivity index (χ2n) is 7.84. The molecule has 0 bridgehead atoms. The highest BCUT2D eigenvalue weighted by Crippen LogP contribution is 2.22. The summed E-state index contributed by atoms with van der Waals surface area (Å²) in [5.41, 5.74) is 0.351. The Morgan fingerprint density at radius 2 is 1.82 bits per heavy atom. The maximum absolute atomic E-state index is 14.0. The third kappa shape index (κ3) is 5.56. The molecule has 1 aromatic carbocycles. The van der Waals surface area contributed by atoms with Crippen molar-refractivity contribution in [1.29, 1.82) is 0 Å². The van der Waals surface area contributed by atoms with E-state index in [0.29, 0.717) is 18.8 Å². The molecular weight excluding hydrogens is 360 g/mol. The van der Waals surface area contributed by atoms with Crippen LogP contribution in [0.2, 0.25) is 0 Å². The number of guanidine groups is 1. The molecule has 2 aliphatic heterocycles. The van der Waals surface area contributed by atoms with Gasteiger partial charge >= 0.3 is 0 Å². The van der Waals surface area contributed by atoms with E-state index >= 15 is 0 Å². The van der Waals surface area contributed by atoms with E-state index in [2.05, 4.69) is 29.1 Å². The molecule has 2 heterocycles. The zero-order valence-electron chi connectivity index (χ0n) is 17.1. The molecule has 5 nitrogen and oxygen atoms in total. The summed E-state index contributed by atoms with van der Waals surface area (Å²) < 4.78 is 27.5. The van der Waals surface area contributed by atoms with Crippen LogP contribution in [0, 0.1) is 17.6 Å². The lowest BCUT2D eigenvalue weighted by molar-refractivity contribution is 0.214. The van der Waals surface area contributed by atoms with Crippen LogP contribution < -0.4 is 10.2 Å². The number of hydrogen-bond acceptors (Lipinski definition) is 3. The van der Waals surface area contributed by atoms with E-state index in [1.54, 1.807) is 0 Å². The Morgan fingerprint density at radius 1 is 1.11 bits per heavy atom. The minimum Gasteiger partial charge on any atom is -0.366 e. The van der Waals surface area contributed by atoms with Crippen LogP contribution in [0.3, 0.4) is 0 Å². The van der Waals surface area contributed by atoms with E-state index in [9.17, 15) is 8.78 Å². The molecule has 0 amide bonds. The van der Waals surface area contributed by atoms with Crippen LogP contribution >= 0.6 is 0 Å². The first-order valence-electron chi connectivity index (χ1n) is 10.5. The van der Waals surface area contributed by atoms with Gasteiger partial charge in [-0.05, 0) is 64.4 Å². The van der Waals surface area contributed by atoms with Crippen molar-refractivity contribution in [3.05, 3.63) is 29.8 Å². The molecule has 28 heavy (non-hydrogen) atoms. The normalized spacial score (nSPS) is 19.9. The van der Waals surface area contributed by atoms with Gasteiger partial charge in [0.25, 0.3) is 0 Å². The predicted octanol–water partition coefficient (Wildman–Crippen LogP) is 2.78. The summed E-state index contributed by atoms with van der Waals surface area (Å²) in [4.78, 5) is 11.4. The molecule has 1 N–H and O–H groups in total. The quantitative estimate of drug-likeness (QED) is 0.616. The molecule has 2 saturated heterocycles.